The lowest BCUT2D eigenvalue weighted by atomic mass is 9.78. The molecule has 13 heavy (non-hydrogen) atoms. The third-order valence-corrected chi connectivity index (χ3v) is 3.55. The maximum atomic E-state index is 10.8. The van der Waals surface area contributed by atoms with Gasteiger partial charge in [0.15, 0.2) is 0 Å². The van der Waals surface area contributed by atoms with E-state index in [1.165, 1.54) is 25.8 Å². The van der Waals surface area contributed by atoms with E-state index in [1.54, 1.807) is 0 Å². The standard InChI is InChI=1S/C10H18N2O/c1-7-4-8-2-3-12(7)9(5-8)6-10(11)13/h7-9H,2-6H2,1H3,(H2,11,13). The zero-order valence-electron chi connectivity index (χ0n) is 8.20. The number of piperidine rings is 3. The van der Waals surface area contributed by atoms with Crippen LogP contribution >= 0.6 is 0 Å². The SMILES string of the molecule is CC1CC2CCN1C(CC(N)=O)C2. The van der Waals surface area contributed by atoms with Crippen molar-refractivity contribution in [1.29, 1.82) is 0 Å². The molecule has 2 N–H and O–H groups in total. The van der Waals surface area contributed by atoms with E-state index in [4.69, 9.17) is 5.73 Å². The highest BCUT2D eigenvalue weighted by atomic mass is 16.1. The summed E-state index contributed by atoms with van der Waals surface area (Å²) in [7, 11) is 0. The van der Waals surface area contributed by atoms with Crippen molar-refractivity contribution in [2.45, 2.75) is 44.7 Å². The summed E-state index contributed by atoms with van der Waals surface area (Å²) in [5.74, 6) is 0.703. The zero-order valence-corrected chi connectivity index (χ0v) is 8.20. The number of nitrogens with two attached hydrogens (primary N) is 1. The van der Waals surface area contributed by atoms with Gasteiger partial charge >= 0.3 is 0 Å². The summed E-state index contributed by atoms with van der Waals surface area (Å²) in [6.07, 6.45) is 4.38. The molecule has 3 nitrogen and oxygen atoms in total. The van der Waals surface area contributed by atoms with Crippen LogP contribution in [0, 0.1) is 5.92 Å². The summed E-state index contributed by atoms with van der Waals surface area (Å²) in [5.41, 5.74) is 5.23. The second-order valence-electron chi connectivity index (χ2n) is 4.54. The monoisotopic (exact) mass is 182 g/mol. The third-order valence-electron chi connectivity index (χ3n) is 3.55. The molecule has 0 aromatic heterocycles. The van der Waals surface area contributed by atoms with E-state index in [2.05, 4.69) is 11.8 Å². The summed E-state index contributed by atoms with van der Waals surface area (Å²) in [4.78, 5) is 13.3. The number of nitrogens with zero attached hydrogens (tertiary/aromatic N) is 1. The van der Waals surface area contributed by atoms with Crippen molar-refractivity contribution in [3.05, 3.63) is 0 Å². The Morgan fingerprint density at radius 1 is 1.54 bits per heavy atom. The van der Waals surface area contributed by atoms with Gasteiger partial charge in [0.1, 0.15) is 0 Å². The third kappa shape index (κ3) is 1.70. The summed E-state index contributed by atoms with van der Waals surface area (Å²) in [5, 5.41) is 0. The molecule has 0 spiro atoms. The summed E-state index contributed by atoms with van der Waals surface area (Å²) >= 11 is 0. The molecule has 3 heteroatoms. The Kier molecular flexibility index (Phi) is 2.28. The zero-order chi connectivity index (χ0) is 9.42. The van der Waals surface area contributed by atoms with Gasteiger partial charge in [0.2, 0.25) is 5.91 Å². The minimum atomic E-state index is -0.148. The fourth-order valence-electron chi connectivity index (χ4n) is 3.00. The Balaban J connectivity index is 2.01. The van der Waals surface area contributed by atoms with Gasteiger partial charge in [0.25, 0.3) is 0 Å². The number of hydrogen-bond acceptors (Lipinski definition) is 2. The first-order valence-corrected chi connectivity index (χ1v) is 5.21. The lowest BCUT2D eigenvalue weighted by Gasteiger charge is -2.49. The lowest BCUT2D eigenvalue weighted by Crippen LogP contribution is -2.54. The van der Waals surface area contributed by atoms with Crippen molar-refractivity contribution >= 4 is 5.91 Å². The predicted octanol–water partition coefficient (Wildman–Crippen LogP) is 0.735. The van der Waals surface area contributed by atoms with Crippen LogP contribution in [0.4, 0.5) is 0 Å². The predicted molar refractivity (Wildman–Crippen MR) is 51.1 cm³/mol. The van der Waals surface area contributed by atoms with Crippen LogP contribution in [0.15, 0.2) is 0 Å². The molecule has 3 saturated heterocycles. The number of carbonyl (C=O) groups excluding carboxylic acids is 1. The van der Waals surface area contributed by atoms with Gasteiger partial charge in [-0.2, -0.15) is 0 Å². The average molecular weight is 182 g/mol. The maximum Gasteiger partial charge on any atom is 0.218 e. The van der Waals surface area contributed by atoms with Gasteiger partial charge in [0.05, 0.1) is 0 Å². The Hall–Kier alpha value is -0.570. The molecular weight excluding hydrogens is 164 g/mol. The number of hydrogen-bond donors (Lipinski definition) is 1. The molecule has 1 amide bonds. The van der Waals surface area contributed by atoms with Crippen LogP contribution in [0.5, 0.6) is 0 Å². The first kappa shape index (κ1) is 9.00. The fourth-order valence-corrected chi connectivity index (χ4v) is 3.00. The number of carbonyl (C=O) groups is 1. The first-order chi connectivity index (χ1) is 6.16. The Labute approximate surface area is 79.3 Å². The van der Waals surface area contributed by atoms with E-state index in [9.17, 15) is 4.79 Å². The largest absolute Gasteiger partial charge is 0.370 e. The number of amides is 1. The van der Waals surface area contributed by atoms with Crippen molar-refractivity contribution in [1.82, 2.24) is 4.90 Å². The van der Waals surface area contributed by atoms with Gasteiger partial charge in [-0.15, -0.1) is 0 Å². The quantitative estimate of drug-likeness (QED) is 0.684. The van der Waals surface area contributed by atoms with Crippen LogP contribution < -0.4 is 5.73 Å². The molecule has 3 rings (SSSR count). The van der Waals surface area contributed by atoms with E-state index in [1.807, 2.05) is 0 Å². The number of primary amides is 1. The minimum absolute atomic E-state index is 0.148. The van der Waals surface area contributed by atoms with Crippen LogP contribution in [0.1, 0.15) is 32.6 Å². The number of fused-ring (bicyclic) bond motifs is 3. The van der Waals surface area contributed by atoms with Crippen molar-refractivity contribution < 1.29 is 4.79 Å². The van der Waals surface area contributed by atoms with Crippen LogP contribution in [-0.2, 0) is 4.79 Å². The van der Waals surface area contributed by atoms with Crippen LogP contribution in [0.2, 0.25) is 0 Å². The highest BCUT2D eigenvalue weighted by Crippen LogP contribution is 2.36. The normalized spacial score (nSPS) is 43.5. The molecule has 0 aromatic rings. The summed E-state index contributed by atoms with van der Waals surface area (Å²) < 4.78 is 0. The highest BCUT2D eigenvalue weighted by Gasteiger charge is 2.38. The molecule has 0 radical (unpaired) electrons. The van der Waals surface area contributed by atoms with Gasteiger partial charge in [-0.3, -0.25) is 9.69 Å². The summed E-state index contributed by atoms with van der Waals surface area (Å²) in [6.45, 7) is 3.43. The molecule has 3 heterocycles. The van der Waals surface area contributed by atoms with Gasteiger partial charge in [-0.1, -0.05) is 0 Å². The van der Waals surface area contributed by atoms with Crippen LogP contribution in [0.3, 0.4) is 0 Å². The van der Waals surface area contributed by atoms with E-state index >= 15 is 0 Å². The molecule has 74 valence electrons. The van der Waals surface area contributed by atoms with Crippen LogP contribution in [-0.4, -0.2) is 29.4 Å². The van der Waals surface area contributed by atoms with E-state index in [-0.39, 0.29) is 5.91 Å². The Bertz CT molecular complexity index is 217. The molecular formula is C10H18N2O. The highest BCUT2D eigenvalue weighted by molar-refractivity contribution is 5.74. The summed E-state index contributed by atoms with van der Waals surface area (Å²) in [6, 6.07) is 1.11. The van der Waals surface area contributed by atoms with Crippen molar-refractivity contribution in [2.24, 2.45) is 11.7 Å². The second kappa shape index (κ2) is 3.29. The van der Waals surface area contributed by atoms with Gasteiger partial charge < -0.3 is 5.73 Å². The van der Waals surface area contributed by atoms with Gasteiger partial charge in [0, 0.05) is 18.5 Å². The van der Waals surface area contributed by atoms with Crippen LogP contribution in [0.25, 0.3) is 0 Å². The van der Waals surface area contributed by atoms with E-state index in [0.29, 0.717) is 18.5 Å². The smallest absolute Gasteiger partial charge is 0.218 e. The first-order valence-electron chi connectivity index (χ1n) is 5.21. The molecule has 0 aromatic carbocycles. The van der Waals surface area contributed by atoms with Gasteiger partial charge in [-0.05, 0) is 38.6 Å². The molecule has 4 unspecified atom stereocenters. The molecule has 2 bridgehead atoms. The molecule has 0 aliphatic carbocycles. The van der Waals surface area contributed by atoms with E-state index in [0.717, 1.165) is 5.92 Å². The van der Waals surface area contributed by atoms with Crippen molar-refractivity contribution in [3.8, 4) is 0 Å². The minimum Gasteiger partial charge on any atom is -0.370 e. The number of rotatable bonds is 2. The average Bonchev–Trinajstić information content (AvgIpc) is 2.02. The Morgan fingerprint density at radius 2 is 2.31 bits per heavy atom. The maximum absolute atomic E-state index is 10.8. The lowest BCUT2D eigenvalue weighted by molar-refractivity contribution is -0.121. The second-order valence-corrected chi connectivity index (χ2v) is 4.54. The van der Waals surface area contributed by atoms with Crippen molar-refractivity contribution in [3.63, 3.8) is 0 Å². The Morgan fingerprint density at radius 3 is 2.85 bits per heavy atom. The topological polar surface area (TPSA) is 46.3 Å². The molecule has 3 fully saturated rings. The van der Waals surface area contributed by atoms with E-state index < -0.39 is 0 Å². The molecule has 3 aliphatic heterocycles. The van der Waals surface area contributed by atoms with Gasteiger partial charge in [-0.25, -0.2) is 0 Å². The van der Waals surface area contributed by atoms with Crippen molar-refractivity contribution in [2.75, 3.05) is 6.54 Å². The molecule has 4 atom stereocenters. The fraction of sp³-hybridized carbons (Fsp3) is 0.900. The molecule has 0 saturated carbocycles. The molecule has 3 aliphatic rings.